The number of amides is 3. The molecule has 0 radical (unpaired) electrons. The molecule has 3 heterocycles. The van der Waals surface area contributed by atoms with Crippen LogP contribution in [0.3, 0.4) is 0 Å². The lowest BCUT2D eigenvalue weighted by Gasteiger charge is -2.32. The SMILES string of the molecule is Cc1ccccc1NC(=O)C1CCCN(C(=O)c2nn(C)c3c2CN(C(=O)c2ccccc2C)CC3)C1. The van der Waals surface area contributed by atoms with Crippen molar-refractivity contribution in [3.63, 3.8) is 0 Å². The summed E-state index contributed by atoms with van der Waals surface area (Å²) in [4.78, 5) is 43.5. The molecular formula is C29H33N5O3. The van der Waals surface area contributed by atoms with Crippen molar-refractivity contribution in [2.75, 3.05) is 25.0 Å². The highest BCUT2D eigenvalue weighted by Gasteiger charge is 2.35. The van der Waals surface area contributed by atoms with Crippen molar-refractivity contribution in [1.82, 2.24) is 19.6 Å². The minimum absolute atomic E-state index is 0.0306. The minimum atomic E-state index is -0.282. The summed E-state index contributed by atoms with van der Waals surface area (Å²) < 4.78 is 1.77. The van der Waals surface area contributed by atoms with Gasteiger partial charge in [-0.25, -0.2) is 0 Å². The van der Waals surface area contributed by atoms with E-state index >= 15 is 0 Å². The largest absolute Gasteiger partial charge is 0.336 e. The maximum atomic E-state index is 13.7. The fraction of sp³-hybridized carbons (Fsp3) is 0.379. The van der Waals surface area contributed by atoms with E-state index in [0.717, 1.165) is 40.9 Å². The summed E-state index contributed by atoms with van der Waals surface area (Å²) in [6.07, 6.45) is 2.14. The summed E-state index contributed by atoms with van der Waals surface area (Å²) in [6, 6.07) is 15.3. The molecule has 1 aromatic heterocycles. The normalized spacial score (nSPS) is 17.3. The average molecular weight is 500 g/mol. The standard InChI is InChI=1S/C29H33N5O3/c1-19-9-4-6-12-22(19)28(36)34-16-14-25-23(18-34)26(31-32(25)3)29(37)33-15-8-11-21(17-33)27(35)30-24-13-7-5-10-20(24)2/h4-7,9-10,12-13,21H,8,11,14-18H2,1-3H3,(H,30,35). The number of fused-ring (bicyclic) bond motifs is 1. The average Bonchev–Trinajstić information content (AvgIpc) is 3.25. The molecule has 8 nitrogen and oxygen atoms in total. The Morgan fingerprint density at radius 1 is 0.919 bits per heavy atom. The number of para-hydroxylation sites is 1. The van der Waals surface area contributed by atoms with Gasteiger partial charge in [-0.1, -0.05) is 36.4 Å². The summed E-state index contributed by atoms with van der Waals surface area (Å²) in [5, 5.41) is 7.62. The third-order valence-electron chi connectivity index (χ3n) is 7.59. The summed E-state index contributed by atoms with van der Waals surface area (Å²) in [5.41, 5.74) is 5.61. The highest BCUT2D eigenvalue weighted by atomic mass is 16.2. The molecule has 2 aliphatic rings. The fourth-order valence-electron chi connectivity index (χ4n) is 5.39. The first-order chi connectivity index (χ1) is 17.8. The topological polar surface area (TPSA) is 87.5 Å². The molecule has 1 N–H and O–H groups in total. The third kappa shape index (κ3) is 4.88. The van der Waals surface area contributed by atoms with E-state index in [-0.39, 0.29) is 23.6 Å². The highest BCUT2D eigenvalue weighted by molar-refractivity contribution is 5.98. The smallest absolute Gasteiger partial charge is 0.274 e. The Balaban J connectivity index is 1.32. The van der Waals surface area contributed by atoms with Crippen LogP contribution >= 0.6 is 0 Å². The Kier molecular flexibility index (Phi) is 6.82. The third-order valence-corrected chi connectivity index (χ3v) is 7.59. The van der Waals surface area contributed by atoms with Gasteiger partial charge in [0.2, 0.25) is 5.91 Å². The number of carbonyl (C=O) groups excluding carboxylic acids is 3. The highest BCUT2D eigenvalue weighted by Crippen LogP contribution is 2.27. The molecule has 3 aromatic rings. The number of piperidine rings is 1. The molecule has 1 atom stereocenters. The molecule has 2 aliphatic heterocycles. The number of nitrogens with one attached hydrogen (secondary N) is 1. The Morgan fingerprint density at radius 2 is 1.65 bits per heavy atom. The number of hydrogen-bond acceptors (Lipinski definition) is 4. The van der Waals surface area contributed by atoms with Crippen molar-refractivity contribution < 1.29 is 14.4 Å². The van der Waals surface area contributed by atoms with Crippen LogP contribution in [0.2, 0.25) is 0 Å². The van der Waals surface area contributed by atoms with Crippen LogP contribution < -0.4 is 5.32 Å². The van der Waals surface area contributed by atoms with Crippen LogP contribution in [0.4, 0.5) is 5.69 Å². The molecule has 1 fully saturated rings. The number of likely N-dealkylation sites (tertiary alicyclic amines) is 1. The second-order valence-electron chi connectivity index (χ2n) is 10.1. The van der Waals surface area contributed by atoms with Crippen LogP contribution in [-0.2, 0) is 24.8 Å². The van der Waals surface area contributed by atoms with E-state index in [1.165, 1.54) is 0 Å². The number of benzene rings is 2. The van der Waals surface area contributed by atoms with Crippen molar-refractivity contribution in [2.45, 2.75) is 39.7 Å². The molecule has 0 bridgehead atoms. The molecule has 192 valence electrons. The van der Waals surface area contributed by atoms with Gasteiger partial charge in [-0.3, -0.25) is 19.1 Å². The lowest BCUT2D eigenvalue weighted by atomic mass is 9.96. The quantitative estimate of drug-likeness (QED) is 0.593. The van der Waals surface area contributed by atoms with Crippen LogP contribution in [0.25, 0.3) is 0 Å². The molecule has 1 unspecified atom stereocenters. The molecule has 3 amide bonds. The first-order valence-corrected chi connectivity index (χ1v) is 12.9. The van der Waals surface area contributed by atoms with Crippen LogP contribution in [0.1, 0.15) is 56.1 Å². The first kappa shape index (κ1) is 24.7. The Labute approximate surface area is 217 Å². The summed E-state index contributed by atoms with van der Waals surface area (Å²) in [5.74, 6) is -0.548. The maximum absolute atomic E-state index is 13.7. The zero-order chi connectivity index (χ0) is 26.1. The molecule has 0 spiro atoms. The number of nitrogens with zero attached hydrogens (tertiary/aromatic N) is 4. The summed E-state index contributed by atoms with van der Waals surface area (Å²) >= 11 is 0. The Hall–Kier alpha value is -3.94. The lowest BCUT2D eigenvalue weighted by Crippen LogP contribution is -2.44. The van der Waals surface area contributed by atoms with E-state index in [4.69, 9.17) is 0 Å². The number of rotatable bonds is 4. The first-order valence-electron chi connectivity index (χ1n) is 12.9. The van der Waals surface area contributed by atoms with Crippen molar-refractivity contribution in [2.24, 2.45) is 13.0 Å². The van der Waals surface area contributed by atoms with Gasteiger partial charge >= 0.3 is 0 Å². The monoisotopic (exact) mass is 499 g/mol. The van der Waals surface area contributed by atoms with Gasteiger partial charge in [0.1, 0.15) is 0 Å². The predicted molar refractivity (Wildman–Crippen MR) is 141 cm³/mol. The van der Waals surface area contributed by atoms with E-state index in [1.807, 2.05) is 69.4 Å². The lowest BCUT2D eigenvalue weighted by molar-refractivity contribution is -0.121. The van der Waals surface area contributed by atoms with Gasteiger partial charge in [0, 0.05) is 55.6 Å². The molecule has 1 saturated heterocycles. The van der Waals surface area contributed by atoms with Gasteiger partial charge in [-0.15, -0.1) is 0 Å². The van der Waals surface area contributed by atoms with E-state index in [9.17, 15) is 14.4 Å². The van der Waals surface area contributed by atoms with Crippen molar-refractivity contribution in [1.29, 1.82) is 0 Å². The zero-order valence-electron chi connectivity index (χ0n) is 21.7. The van der Waals surface area contributed by atoms with Crippen LogP contribution in [0, 0.1) is 19.8 Å². The molecule has 2 aromatic carbocycles. The van der Waals surface area contributed by atoms with Crippen molar-refractivity contribution in [3.05, 3.63) is 82.2 Å². The van der Waals surface area contributed by atoms with E-state index in [0.29, 0.717) is 43.9 Å². The fourth-order valence-corrected chi connectivity index (χ4v) is 5.39. The summed E-state index contributed by atoms with van der Waals surface area (Å²) in [7, 11) is 1.85. The number of carbonyl (C=O) groups is 3. The van der Waals surface area contributed by atoms with Gasteiger partial charge in [0.25, 0.3) is 11.8 Å². The Morgan fingerprint density at radius 3 is 2.41 bits per heavy atom. The molecule has 0 saturated carbocycles. The molecular weight excluding hydrogens is 466 g/mol. The number of aryl methyl sites for hydroxylation is 3. The molecule has 0 aliphatic carbocycles. The van der Waals surface area contributed by atoms with E-state index in [1.54, 1.807) is 14.5 Å². The second-order valence-corrected chi connectivity index (χ2v) is 10.1. The molecule has 5 rings (SSSR count). The van der Waals surface area contributed by atoms with Gasteiger partial charge in [-0.2, -0.15) is 5.10 Å². The van der Waals surface area contributed by atoms with E-state index in [2.05, 4.69) is 10.4 Å². The molecule has 8 heteroatoms. The number of hydrogen-bond donors (Lipinski definition) is 1. The summed E-state index contributed by atoms with van der Waals surface area (Å²) in [6.45, 7) is 5.77. The number of aromatic nitrogens is 2. The predicted octanol–water partition coefficient (Wildman–Crippen LogP) is 3.73. The van der Waals surface area contributed by atoms with E-state index < -0.39 is 0 Å². The van der Waals surface area contributed by atoms with Gasteiger partial charge in [0.15, 0.2) is 5.69 Å². The number of anilines is 1. The van der Waals surface area contributed by atoms with Gasteiger partial charge in [0.05, 0.1) is 12.5 Å². The zero-order valence-corrected chi connectivity index (χ0v) is 21.7. The molecule has 37 heavy (non-hydrogen) atoms. The second kappa shape index (κ2) is 10.2. The Bertz CT molecular complexity index is 1360. The van der Waals surface area contributed by atoms with Crippen LogP contribution in [-0.4, -0.2) is 56.9 Å². The maximum Gasteiger partial charge on any atom is 0.274 e. The van der Waals surface area contributed by atoms with Gasteiger partial charge < -0.3 is 15.1 Å². The van der Waals surface area contributed by atoms with Crippen molar-refractivity contribution in [3.8, 4) is 0 Å². The van der Waals surface area contributed by atoms with Crippen LogP contribution in [0.5, 0.6) is 0 Å². The van der Waals surface area contributed by atoms with Gasteiger partial charge in [-0.05, 0) is 49.9 Å². The van der Waals surface area contributed by atoms with Crippen LogP contribution in [0.15, 0.2) is 48.5 Å². The minimum Gasteiger partial charge on any atom is -0.336 e. The van der Waals surface area contributed by atoms with Crippen molar-refractivity contribution >= 4 is 23.4 Å².